The van der Waals surface area contributed by atoms with Gasteiger partial charge in [-0.3, -0.25) is 4.79 Å². The molecule has 0 N–H and O–H groups in total. The van der Waals surface area contributed by atoms with Crippen LogP contribution in [0.15, 0.2) is 28.7 Å². The van der Waals surface area contributed by atoms with E-state index in [1.807, 2.05) is 19.1 Å². The molecule has 1 saturated heterocycles. The first-order valence-corrected chi connectivity index (χ1v) is 9.87. The number of amides is 1. The normalized spacial score (nSPS) is 21.3. The molecule has 1 aromatic rings. The molecule has 1 aliphatic rings. The maximum absolute atomic E-state index is 12.5. The molecular weight excluding hydrogens is 370 g/mol. The Bertz CT molecular complexity index is 629. The van der Waals surface area contributed by atoms with E-state index in [1.165, 1.54) is 0 Å². The van der Waals surface area contributed by atoms with Gasteiger partial charge in [0.05, 0.1) is 11.5 Å². The van der Waals surface area contributed by atoms with Gasteiger partial charge in [-0.15, -0.1) is 0 Å². The number of likely N-dealkylation sites (N-methyl/N-ethyl adjacent to an activating group) is 1. The molecule has 22 heavy (non-hydrogen) atoms. The maximum atomic E-state index is 12.5. The van der Waals surface area contributed by atoms with Crippen LogP contribution < -0.4 is 4.74 Å². The minimum atomic E-state index is -3.01. The van der Waals surface area contributed by atoms with Gasteiger partial charge in [-0.05, 0) is 44.5 Å². The average molecular weight is 390 g/mol. The van der Waals surface area contributed by atoms with Crippen molar-refractivity contribution in [2.24, 2.45) is 0 Å². The van der Waals surface area contributed by atoms with Crippen LogP contribution in [-0.4, -0.2) is 49.4 Å². The standard InChI is InChI=1S/C15H20BrNO4S/c1-3-17(13-8-9-22(19,20)10-13)15(18)11(2)21-14-6-4-12(16)5-7-14/h4-7,11,13H,3,8-10H2,1-2H3. The summed E-state index contributed by atoms with van der Waals surface area (Å²) < 4.78 is 29.8. The lowest BCUT2D eigenvalue weighted by Gasteiger charge is -2.29. The van der Waals surface area contributed by atoms with Gasteiger partial charge in [0, 0.05) is 17.1 Å². The Labute approximate surface area is 139 Å². The Morgan fingerprint density at radius 1 is 1.41 bits per heavy atom. The summed E-state index contributed by atoms with van der Waals surface area (Å²) in [4.78, 5) is 14.2. The number of benzene rings is 1. The smallest absolute Gasteiger partial charge is 0.263 e. The summed E-state index contributed by atoms with van der Waals surface area (Å²) in [5.41, 5.74) is 0. The van der Waals surface area contributed by atoms with Crippen LogP contribution >= 0.6 is 15.9 Å². The Morgan fingerprint density at radius 2 is 2.05 bits per heavy atom. The predicted octanol–water partition coefficient (Wildman–Crippen LogP) is 2.25. The van der Waals surface area contributed by atoms with Crippen molar-refractivity contribution in [2.75, 3.05) is 18.1 Å². The van der Waals surface area contributed by atoms with Crippen LogP contribution in [0.3, 0.4) is 0 Å². The molecular formula is C15H20BrNO4S. The molecule has 0 bridgehead atoms. The van der Waals surface area contributed by atoms with Crippen molar-refractivity contribution in [3.8, 4) is 5.75 Å². The largest absolute Gasteiger partial charge is 0.481 e. The highest BCUT2D eigenvalue weighted by Crippen LogP contribution is 2.21. The Morgan fingerprint density at radius 3 is 2.55 bits per heavy atom. The predicted molar refractivity (Wildman–Crippen MR) is 88.7 cm³/mol. The van der Waals surface area contributed by atoms with Crippen LogP contribution in [0.4, 0.5) is 0 Å². The highest BCUT2D eigenvalue weighted by Gasteiger charge is 2.35. The molecule has 0 radical (unpaired) electrons. The summed E-state index contributed by atoms with van der Waals surface area (Å²) in [6.45, 7) is 4.03. The number of halogens is 1. The van der Waals surface area contributed by atoms with Crippen LogP contribution in [0.5, 0.6) is 5.75 Å². The van der Waals surface area contributed by atoms with Gasteiger partial charge in [-0.25, -0.2) is 8.42 Å². The third kappa shape index (κ3) is 4.23. The Hall–Kier alpha value is -1.08. The molecule has 122 valence electrons. The lowest BCUT2D eigenvalue weighted by atomic mass is 10.2. The third-order valence-electron chi connectivity index (χ3n) is 3.75. The zero-order valence-corrected chi connectivity index (χ0v) is 15.1. The molecule has 2 unspecified atom stereocenters. The summed E-state index contributed by atoms with van der Waals surface area (Å²) in [5.74, 6) is 0.646. The molecule has 0 spiro atoms. The second kappa shape index (κ2) is 7.00. The van der Waals surface area contributed by atoms with Gasteiger partial charge in [0.15, 0.2) is 15.9 Å². The van der Waals surface area contributed by atoms with Gasteiger partial charge in [0.25, 0.3) is 5.91 Å². The second-order valence-electron chi connectivity index (χ2n) is 5.40. The molecule has 1 heterocycles. The van der Waals surface area contributed by atoms with E-state index in [9.17, 15) is 13.2 Å². The van der Waals surface area contributed by atoms with Crippen LogP contribution in [0.1, 0.15) is 20.3 Å². The van der Waals surface area contributed by atoms with E-state index in [4.69, 9.17) is 4.74 Å². The monoisotopic (exact) mass is 389 g/mol. The highest BCUT2D eigenvalue weighted by molar-refractivity contribution is 9.10. The van der Waals surface area contributed by atoms with Crippen LogP contribution in [0.25, 0.3) is 0 Å². The SMILES string of the molecule is CCN(C(=O)C(C)Oc1ccc(Br)cc1)C1CCS(=O)(=O)C1. The number of sulfone groups is 1. The summed E-state index contributed by atoms with van der Waals surface area (Å²) in [7, 11) is -3.01. The number of carbonyl (C=O) groups is 1. The number of nitrogens with zero attached hydrogens (tertiary/aromatic N) is 1. The van der Waals surface area contributed by atoms with Gasteiger partial charge in [0.2, 0.25) is 0 Å². The fourth-order valence-corrected chi connectivity index (χ4v) is 4.61. The van der Waals surface area contributed by atoms with Gasteiger partial charge < -0.3 is 9.64 Å². The topological polar surface area (TPSA) is 63.7 Å². The summed E-state index contributed by atoms with van der Waals surface area (Å²) in [6.07, 6.45) is -0.142. The maximum Gasteiger partial charge on any atom is 0.263 e. The van der Waals surface area contributed by atoms with Crippen LogP contribution in [0.2, 0.25) is 0 Å². The molecule has 1 aliphatic heterocycles. The molecule has 0 aliphatic carbocycles. The first-order valence-electron chi connectivity index (χ1n) is 7.25. The van der Waals surface area contributed by atoms with Crippen molar-refractivity contribution in [1.29, 1.82) is 0 Å². The molecule has 7 heteroatoms. The number of carbonyl (C=O) groups excluding carboxylic acids is 1. The zero-order valence-electron chi connectivity index (χ0n) is 12.7. The van der Waals surface area contributed by atoms with Crippen molar-refractivity contribution in [3.63, 3.8) is 0 Å². The second-order valence-corrected chi connectivity index (χ2v) is 8.54. The molecule has 2 atom stereocenters. The van der Waals surface area contributed by atoms with Crippen molar-refractivity contribution in [3.05, 3.63) is 28.7 Å². The summed E-state index contributed by atoms with van der Waals surface area (Å²) >= 11 is 3.34. The van der Waals surface area contributed by atoms with Crippen molar-refractivity contribution >= 4 is 31.7 Å². The molecule has 0 saturated carbocycles. The fraction of sp³-hybridized carbons (Fsp3) is 0.533. The number of hydrogen-bond donors (Lipinski definition) is 0. The van der Waals surface area contributed by atoms with E-state index in [0.29, 0.717) is 18.7 Å². The molecule has 2 rings (SSSR count). The van der Waals surface area contributed by atoms with E-state index >= 15 is 0 Å². The Balaban J connectivity index is 2.03. The van der Waals surface area contributed by atoms with Gasteiger partial charge in [-0.2, -0.15) is 0 Å². The number of hydrogen-bond acceptors (Lipinski definition) is 4. The average Bonchev–Trinajstić information content (AvgIpc) is 2.82. The molecule has 1 amide bonds. The zero-order chi connectivity index (χ0) is 16.3. The van der Waals surface area contributed by atoms with Crippen LogP contribution in [0, 0.1) is 0 Å². The first-order chi connectivity index (χ1) is 10.3. The minimum Gasteiger partial charge on any atom is -0.481 e. The lowest BCUT2D eigenvalue weighted by molar-refractivity contribution is -0.139. The van der Waals surface area contributed by atoms with Crippen molar-refractivity contribution in [2.45, 2.75) is 32.4 Å². The van der Waals surface area contributed by atoms with E-state index in [1.54, 1.807) is 24.0 Å². The highest BCUT2D eigenvalue weighted by atomic mass is 79.9. The van der Waals surface area contributed by atoms with E-state index < -0.39 is 15.9 Å². The minimum absolute atomic E-state index is 0.0532. The fourth-order valence-electron chi connectivity index (χ4n) is 2.62. The van der Waals surface area contributed by atoms with Crippen LogP contribution in [-0.2, 0) is 14.6 Å². The third-order valence-corrected chi connectivity index (χ3v) is 6.03. The van der Waals surface area contributed by atoms with Gasteiger partial charge in [0.1, 0.15) is 5.75 Å². The van der Waals surface area contributed by atoms with E-state index in [2.05, 4.69) is 15.9 Å². The quantitative estimate of drug-likeness (QED) is 0.774. The first kappa shape index (κ1) is 17.3. The summed E-state index contributed by atoms with van der Waals surface area (Å²) in [5, 5.41) is 0. The summed E-state index contributed by atoms with van der Waals surface area (Å²) in [6, 6.07) is 7.01. The van der Waals surface area contributed by atoms with E-state index in [0.717, 1.165) is 4.47 Å². The number of rotatable bonds is 5. The van der Waals surface area contributed by atoms with Crippen molar-refractivity contribution in [1.82, 2.24) is 4.90 Å². The molecule has 5 nitrogen and oxygen atoms in total. The molecule has 0 aromatic heterocycles. The van der Waals surface area contributed by atoms with Crippen molar-refractivity contribution < 1.29 is 17.9 Å². The molecule has 1 aromatic carbocycles. The Kier molecular flexibility index (Phi) is 5.50. The lowest BCUT2D eigenvalue weighted by Crippen LogP contribution is -2.46. The van der Waals surface area contributed by atoms with E-state index in [-0.39, 0.29) is 23.5 Å². The van der Waals surface area contributed by atoms with Gasteiger partial charge >= 0.3 is 0 Å². The van der Waals surface area contributed by atoms with Gasteiger partial charge in [-0.1, -0.05) is 15.9 Å². The molecule has 1 fully saturated rings. The number of ether oxygens (including phenoxy) is 1.